The largest absolute Gasteiger partial charge is 0.295 e. The van der Waals surface area contributed by atoms with E-state index in [1.165, 1.54) is 11.0 Å². The van der Waals surface area contributed by atoms with E-state index in [0.29, 0.717) is 5.69 Å². The number of imide groups is 1. The van der Waals surface area contributed by atoms with Gasteiger partial charge in [0.15, 0.2) is 5.78 Å². The van der Waals surface area contributed by atoms with E-state index in [1.54, 1.807) is 30.3 Å². The molecule has 0 spiro atoms. The predicted octanol–water partition coefficient (Wildman–Crippen LogP) is 3.24. The summed E-state index contributed by atoms with van der Waals surface area (Å²) in [5, 5.41) is 0. The van der Waals surface area contributed by atoms with Crippen LogP contribution in [0.1, 0.15) is 18.4 Å². The maximum atomic E-state index is 12.5. The number of ketones is 1. The summed E-state index contributed by atoms with van der Waals surface area (Å²) in [5.41, 5.74) is 1.48. The first kappa shape index (κ1) is 15.9. The fourth-order valence-corrected chi connectivity index (χ4v) is 2.77. The highest BCUT2D eigenvalue weighted by molar-refractivity contribution is 6.21. The van der Waals surface area contributed by atoms with E-state index in [-0.39, 0.29) is 30.4 Å². The number of amides is 2. The van der Waals surface area contributed by atoms with E-state index >= 15 is 0 Å². The zero-order valence-corrected chi connectivity index (χ0v) is 13.1. The Hall–Kier alpha value is -3.01. The standard InChI is InChI=1S/C20H17NO3/c22-18(12-11-15-7-3-1-4-8-15)13-16-14-19(23)21(20(16)24)17-9-5-2-6-10-17/h1-12,16H,13-14H2/b12-11+/t16-/m0/s1. The zero-order chi connectivity index (χ0) is 16.9. The first-order valence-electron chi connectivity index (χ1n) is 7.83. The number of rotatable bonds is 5. The third-order valence-electron chi connectivity index (χ3n) is 3.96. The van der Waals surface area contributed by atoms with Gasteiger partial charge < -0.3 is 0 Å². The minimum absolute atomic E-state index is 0.0528. The molecule has 120 valence electrons. The van der Waals surface area contributed by atoms with Gasteiger partial charge in [0.25, 0.3) is 0 Å². The second-order valence-electron chi connectivity index (χ2n) is 5.72. The molecule has 2 aromatic carbocycles. The van der Waals surface area contributed by atoms with E-state index < -0.39 is 5.92 Å². The summed E-state index contributed by atoms with van der Waals surface area (Å²) in [4.78, 5) is 37.9. The molecule has 1 heterocycles. The second-order valence-corrected chi connectivity index (χ2v) is 5.72. The Morgan fingerprint density at radius 2 is 1.62 bits per heavy atom. The molecule has 0 bridgehead atoms. The SMILES string of the molecule is O=C(/C=C/c1ccccc1)C[C@H]1CC(=O)N(c2ccccc2)C1=O. The first-order valence-corrected chi connectivity index (χ1v) is 7.83. The summed E-state index contributed by atoms with van der Waals surface area (Å²) in [6.45, 7) is 0. The highest BCUT2D eigenvalue weighted by Gasteiger charge is 2.39. The Bertz CT molecular complexity index is 781. The molecule has 0 unspecified atom stereocenters. The molecule has 1 atom stereocenters. The Morgan fingerprint density at radius 1 is 1.00 bits per heavy atom. The lowest BCUT2D eigenvalue weighted by Crippen LogP contribution is -2.30. The van der Waals surface area contributed by atoms with Crippen molar-refractivity contribution in [2.24, 2.45) is 5.92 Å². The van der Waals surface area contributed by atoms with E-state index in [4.69, 9.17) is 0 Å². The number of nitrogens with zero attached hydrogens (tertiary/aromatic N) is 1. The van der Waals surface area contributed by atoms with Crippen molar-refractivity contribution >= 4 is 29.4 Å². The molecule has 0 aliphatic carbocycles. The van der Waals surface area contributed by atoms with Gasteiger partial charge in [0.05, 0.1) is 11.6 Å². The molecule has 1 saturated heterocycles. The van der Waals surface area contributed by atoms with E-state index in [2.05, 4.69) is 0 Å². The van der Waals surface area contributed by atoms with Crippen LogP contribution in [0.4, 0.5) is 5.69 Å². The molecule has 1 aliphatic heterocycles. The smallest absolute Gasteiger partial charge is 0.237 e. The first-order chi connectivity index (χ1) is 11.6. The second kappa shape index (κ2) is 7.04. The van der Waals surface area contributed by atoms with Crippen LogP contribution in [0.15, 0.2) is 66.7 Å². The molecule has 0 saturated carbocycles. The monoisotopic (exact) mass is 319 g/mol. The molecular formula is C20H17NO3. The van der Waals surface area contributed by atoms with Gasteiger partial charge in [-0.2, -0.15) is 0 Å². The van der Waals surface area contributed by atoms with E-state index in [1.807, 2.05) is 36.4 Å². The van der Waals surface area contributed by atoms with E-state index in [0.717, 1.165) is 5.56 Å². The summed E-state index contributed by atoms with van der Waals surface area (Å²) in [6, 6.07) is 18.3. The third kappa shape index (κ3) is 3.49. The predicted molar refractivity (Wildman–Crippen MR) is 92.1 cm³/mol. The molecular weight excluding hydrogens is 302 g/mol. The lowest BCUT2D eigenvalue weighted by atomic mass is 10.0. The minimum atomic E-state index is -0.578. The van der Waals surface area contributed by atoms with Crippen molar-refractivity contribution in [1.29, 1.82) is 0 Å². The number of carbonyl (C=O) groups excluding carboxylic acids is 3. The topological polar surface area (TPSA) is 54.5 Å². The molecule has 1 fully saturated rings. The van der Waals surface area contributed by atoms with Gasteiger partial charge in [0.1, 0.15) is 0 Å². The van der Waals surface area contributed by atoms with Crippen LogP contribution in [0.3, 0.4) is 0 Å². The van der Waals surface area contributed by atoms with Crippen LogP contribution >= 0.6 is 0 Å². The van der Waals surface area contributed by atoms with Crippen LogP contribution < -0.4 is 4.90 Å². The molecule has 4 nitrogen and oxygen atoms in total. The lowest BCUT2D eigenvalue weighted by Gasteiger charge is -2.14. The van der Waals surface area contributed by atoms with Crippen LogP contribution in [0, 0.1) is 5.92 Å². The minimum Gasteiger partial charge on any atom is -0.295 e. The summed E-state index contributed by atoms with van der Waals surface area (Å²) in [5.74, 6) is -1.28. The van der Waals surface area contributed by atoms with Gasteiger partial charge in [0, 0.05) is 12.8 Å². The molecule has 4 heteroatoms. The van der Waals surface area contributed by atoms with Crippen LogP contribution in [0.25, 0.3) is 6.08 Å². The number of hydrogen-bond donors (Lipinski definition) is 0. The van der Waals surface area contributed by atoms with Crippen LogP contribution in [-0.4, -0.2) is 17.6 Å². The van der Waals surface area contributed by atoms with Crippen LogP contribution in [0.2, 0.25) is 0 Å². The average molecular weight is 319 g/mol. The van der Waals surface area contributed by atoms with Crippen molar-refractivity contribution in [1.82, 2.24) is 0 Å². The maximum absolute atomic E-state index is 12.5. The number of para-hydroxylation sites is 1. The van der Waals surface area contributed by atoms with Crippen molar-refractivity contribution < 1.29 is 14.4 Å². The molecule has 1 aliphatic rings. The summed E-state index contributed by atoms with van der Waals surface area (Å²) in [7, 11) is 0. The molecule has 0 radical (unpaired) electrons. The highest BCUT2D eigenvalue weighted by Crippen LogP contribution is 2.28. The Morgan fingerprint density at radius 3 is 2.29 bits per heavy atom. The summed E-state index contributed by atoms with van der Waals surface area (Å²) in [6.07, 6.45) is 3.33. The number of anilines is 1. The van der Waals surface area contributed by atoms with Crippen LogP contribution in [-0.2, 0) is 14.4 Å². The van der Waals surface area contributed by atoms with E-state index in [9.17, 15) is 14.4 Å². The van der Waals surface area contributed by atoms with Gasteiger partial charge in [-0.3, -0.25) is 19.3 Å². The Balaban J connectivity index is 1.66. The molecule has 2 amide bonds. The quantitative estimate of drug-likeness (QED) is 0.628. The van der Waals surface area contributed by atoms with Crippen molar-refractivity contribution in [2.75, 3.05) is 4.90 Å². The number of allylic oxidation sites excluding steroid dienone is 1. The van der Waals surface area contributed by atoms with Gasteiger partial charge in [-0.1, -0.05) is 54.6 Å². The van der Waals surface area contributed by atoms with Gasteiger partial charge in [-0.15, -0.1) is 0 Å². The van der Waals surface area contributed by atoms with Crippen molar-refractivity contribution in [3.8, 4) is 0 Å². The van der Waals surface area contributed by atoms with Gasteiger partial charge in [-0.25, -0.2) is 0 Å². The third-order valence-corrected chi connectivity index (χ3v) is 3.96. The molecule has 3 rings (SSSR count). The zero-order valence-electron chi connectivity index (χ0n) is 13.1. The van der Waals surface area contributed by atoms with Crippen molar-refractivity contribution in [3.63, 3.8) is 0 Å². The molecule has 0 N–H and O–H groups in total. The highest BCUT2D eigenvalue weighted by atomic mass is 16.2. The Kier molecular flexibility index (Phi) is 4.66. The van der Waals surface area contributed by atoms with Crippen LogP contribution in [0.5, 0.6) is 0 Å². The number of benzene rings is 2. The maximum Gasteiger partial charge on any atom is 0.237 e. The number of carbonyl (C=O) groups is 3. The molecule has 2 aromatic rings. The summed E-state index contributed by atoms with van der Waals surface area (Å²) >= 11 is 0. The Labute approximate surface area is 140 Å². The molecule has 0 aromatic heterocycles. The number of hydrogen-bond acceptors (Lipinski definition) is 3. The van der Waals surface area contributed by atoms with Gasteiger partial charge in [-0.05, 0) is 23.8 Å². The fraction of sp³-hybridized carbons (Fsp3) is 0.150. The van der Waals surface area contributed by atoms with Gasteiger partial charge >= 0.3 is 0 Å². The van der Waals surface area contributed by atoms with Crippen molar-refractivity contribution in [3.05, 3.63) is 72.3 Å². The fourth-order valence-electron chi connectivity index (χ4n) is 2.77. The molecule has 24 heavy (non-hydrogen) atoms. The summed E-state index contributed by atoms with van der Waals surface area (Å²) < 4.78 is 0. The normalized spacial score (nSPS) is 17.7. The van der Waals surface area contributed by atoms with Gasteiger partial charge in [0.2, 0.25) is 11.8 Å². The van der Waals surface area contributed by atoms with Crippen molar-refractivity contribution in [2.45, 2.75) is 12.8 Å². The lowest BCUT2D eigenvalue weighted by molar-refractivity contribution is -0.124. The average Bonchev–Trinajstić information content (AvgIpc) is 2.88.